The average Bonchev–Trinajstić information content (AvgIpc) is 3.08. The normalized spacial score (nSPS) is 10.1. The summed E-state index contributed by atoms with van der Waals surface area (Å²) < 4.78 is 33.1. The molecule has 0 atom stereocenters. The van der Waals surface area contributed by atoms with Gasteiger partial charge in [0.2, 0.25) is 0 Å². The van der Waals surface area contributed by atoms with E-state index in [1.54, 1.807) is 37.4 Å². The Morgan fingerprint density at radius 3 is 2.64 bits per heavy atom. The first kappa shape index (κ1) is 19.1. The molecule has 7 heteroatoms. The van der Waals surface area contributed by atoms with Crippen LogP contribution in [0.3, 0.4) is 0 Å². The third-order valence-electron chi connectivity index (χ3n) is 3.85. The number of nitrogens with one attached hydrogen (secondary N) is 1. The summed E-state index contributed by atoms with van der Waals surface area (Å²) in [6, 6.07) is 13.5. The van der Waals surface area contributed by atoms with E-state index < -0.39 is 5.82 Å². The summed E-state index contributed by atoms with van der Waals surface area (Å²) in [4.78, 5) is 12.3. The van der Waals surface area contributed by atoms with Crippen LogP contribution in [0.15, 0.2) is 54.6 Å². The molecule has 0 aliphatic carbocycles. The van der Waals surface area contributed by atoms with Gasteiger partial charge in [-0.05, 0) is 42.5 Å². The Bertz CT molecular complexity index is 1030. The van der Waals surface area contributed by atoms with Gasteiger partial charge in [-0.2, -0.15) is 5.10 Å². The number of amides is 1. The monoisotopic (exact) mass is 381 g/mol. The highest BCUT2D eigenvalue weighted by Crippen LogP contribution is 2.19. The van der Waals surface area contributed by atoms with E-state index in [1.165, 1.54) is 28.9 Å². The first-order valence-corrected chi connectivity index (χ1v) is 8.46. The number of carbonyl (C=O) groups excluding carboxylic acids is 1. The van der Waals surface area contributed by atoms with Gasteiger partial charge < -0.3 is 10.1 Å². The smallest absolute Gasteiger partial charge is 0.270 e. The first-order chi connectivity index (χ1) is 13.5. The van der Waals surface area contributed by atoms with Gasteiger partial charge >= 0.3 is 0 Å². The lowest BCUT2D eigenvalue weighted by Gasteiger charge is -2.02. The lowest BCUT2D eigenvalue weighted by atomic mass is 10.1. The highest BCUT2D eigenvalue weighted by Gasteiger charge is 2.13. The Balaban J connectivity index is 1.53. The predicted molar refractivity (Wildman–Crippen MR) is 101 cm³/mol. The molecule has 0 unspecified atom stereocenters. The van der Waals surface area contributed by atoms with Crippen LogP contribution in [0.5, 0.6) is 5.75 Å². The highest BCUT2D eigenvalue weighted by atomic mass is 19.1. The van der Waals surface area contributed by atoms with Crippen molar-refractivity contribution in [2.75, 3.05) is 13.2 Å². The molecule has 0 aliphatic rings. The largest absolute Gasteiger partial charge is 0.478 e. The highest BCUT2D eigenvalue weighted by molar-refractivity contribution is 5.93. The summed E-state index contributed by atoms with van der Waals surface area (Å²) in [5, 5.41) is 6.93. The zero-order chi connectivity index (χ0) is 19.9. The van der Waals surface area contributed by atoms with Crippen molar-refractivity contribution in [1.29, 1.82) is 0 Å². The van der Waals surface area contributed by atoms with Crippen LogP contribution in [0, 0.1) is 23.5 Å². The van der Waals surface area contributed by atoms with Crippen LogP contribution in [0.2, 0.25) is 0 Å². The fraction of sp³-hybridized carbons (Fsp3) is 0.143. The fourth-order valence-corrected chi connectivity index (χ4v) is 2.45. The maximum Gasteiger partial charge on any atom is 0.270 e. The molecule has 0 saturated carbocycles. The van der Waals surface area contributed by atoms with Crippen molar-refractivity contribution in [3.63, 3.8) is 0 Å². The van der Waals surface area contributed by atoms with E-state index in [4.69, 9.17) is 4.74 Å². The summed E-state index contributed by atoms with van der Waals surface area (Å²) in [5.74, 6) is 4.44. The topological polar surface area (TPSA) is 56.2 Å². The van der Waals surface area contributed by atoms with Crippen molar-refractivity contribution >= 4 is 5.91 Å². The number of rotatable bonds is 5. The molecule has 0 bridgehead atoms. The molecule has 1 aromatic heterocycles. The molecule has 2 aromatic carbocycles. The van der Waals surface area contributed by atoms with Crippen LogP contribution in [0.1, 0.15) is 10.5 Å². The molecule has 142 valence electrons. The lowest BCUT2D eigenvalue weighted by Crippen LogP contribution is -2.25. The molecule has 3 rings (SSSR count). The lowest BCUT2D eigenvalue weighted by molar-refractivity contribution is 0.0949. The number of hydrogen-bond acceptors (Lipinski definition) is 3. The molecule has 3 aromatic rings. The molecular formula is C21H17F2N3O2. The molecule has 0 radical (unpaired) electrons. The van der Waals surface area contributed by atoms with Crippen LogP contribution in [-0.4, -0.2) is 28.8 Å². The third kappa shape index (κ3) is 4.74. The van der Waals surface area contributed by atoms with Gasteiger partial charge in [-0.25, -0.2) is 8.78 Å². The van der Waals surface area contributed by atoms with Gasteiger partial charge in [0.1, 0.15) is 18.1 Å². The number of aryl methyl sites for hydroxylation is 1. The fourth-order valence-electron chi connectivity index (χ4n) is 2.45. The Morgan fingerprint density at radius 1 is 1.14 bits per heavy atom. The number of hydrogen-bond donors (Lipinski definition) is 1. The predicted octanol–water partition coefficient (Wildman–Crippen LogP) is 3.18. The van der Waals surface area contributed by atoms with Crippen LogP contribution in [0.4, 0.5) is 8.78 Å². The van der Waals surface area contributed by atoms with Crippen LogP contribution in [0.25, 0.3) is 11.3 Å². The molecule has 0 fully saturated rings. The van der Waals surface area contributed by atoms with Gasteiger partial charge in [0.05, 0.1) is 12.2 Å². The van der Waals surface area contributed by atoms with Crippen molar-refractivity contribution in [2.24, 2.45) is 7.05 Å². The van der Waals surface area contributed by atoms with E-state index in [2.05, 4.69) is 22.3 Å². The van der Waals surface area contributed by atoms with Crippen molar-refractivity contribution in [3.05, 3.63) is 71.9 Å². The maximum absolute atomic E-state index is 13.4. The molecule has 0 aliphatic heterocycles. The number of ether oxygens (including phenoxy) is 1. The quantitative estimate of drug-likeness (QED) is 0.691. The Morgan fingerprint density at radius 2 is 1.89 bits per heavy atom. The molecule has 1 N–H and O–H groups in total. The molecule has 0 saturated heterocycles. The maximum atomic E-state index is 13.4. The Hall–Kier alpha value is -3.66. The van der Waals surface area contributed by atoms with E-state index >= 15 is 0 Å². The summed E-state index contributed by atoms with van der Waals surface area (Å²) in [7, 11) is 1.65. The minimum Gasteiger partial charge on any atom is -0.478 e. The van der Waals surface area contributed by atoms with Gasteiger partial charge in [-0.1, -0.05) is 24.0 Å². The van der Waals surface area contributed by atoms with E-state index in [0.717, 1.165) is 0 Å². The zero-order valence-corrected chi connectivity index (χ0v) is 15.1. The molecule has 0 spiro atoms. The standard InChI is InChI=1S/C21H17F2N3O2/c1-26-19(14-18(25-26)15-8-10-16(22)11-9-15)21(27)24-12-4-5-13-28-20-7-3-2-6-17(20)23/h2-3,6-11,14H,12-13H2,1H3,(H,24,27). The summed E-state index contributed by atoms with van der Waals surface area (Å²) >= 11 is 0. The first-order valence-electron chi connectivity index (χ1n) is 8.46. The van der Waals surface area contributed by atoms with E-state index in [9.17, 15) is 13.6 Å². The number of halogens is 2. The van der Waals surface area contributed by atoms with Crippen molar-refractivity contribution in [1.82, 2.24) is 15.1 Å². The number of carbonyl (C=O) groups is 1. The SMILES string of the molecule is Cn1nc(-c2ccc(F)cc2)cc1C(=O)NCC#CCOc1ccccc1F. The van der Waals surface area contributed by atoms with Crippen LogP contribution < -0.4 is 10.1 Å². The van der Waals surface area contributed by atoms with Gasteiger partial charge in [0, 0.05) is 12.6 Å². The van der Waals surface area contributed by atoms with Crippen molar-refractivity contribution in [3.8, 4) is 28.8 Å². The molecule has 28 heavy (non-hydrogen) atoms. The minimum atomic E-state index is -0.453. The second-order valence-corrected chi connectivity index (χ2v) is 5.80. The van der Waals surface area contributed by atoms with E-state index in [0.29, 0.717) is 17.0 Å². The number of benzene rings is 2. The van der Waals surface area contributed by atoms with Gasteiger partial charge in [0.25, 0.3) is 5.91 Å². The van der Waals surface area contributed by atoms with Crippen molar-refractivity contribution in [2.45, 2.75) is 0 Å². The Kier molecular flexibility index (Phi) is 6.02. The second kappa shape index (κ2) is 8.82. The molecule has 5 nitrogen and oxygen atoms in total. The molecule has 1 heterocycles. The van der Waals surface area contributed by atoms with Gasteiger partial charge in [0.15, 0.2) is 11.6 Å². The molecular weight excluding hydrogens is 364 g/mol. The summed E-state index contributed by atoms with van der Waals surface area (Å²) in [6.07, 6.45) is 0. The second-order valence-electron chi connectivity index (χ2n) is 5.80. The number of nitrogens with zero attached hydrogens (tertiary/aromatic N) is 2. The van der Waals surface area contributed by atoms with Gasteiger partial charge in [-0.15, -0.1) is 0 Å². The summed E-state index contributed by atoms with van der Waals surface area (Å²) in [5.41, 5.74) is 1.63. The van der Waals surface area contributed by atoms with E-state index in [1.807, 2.05) is 0 Å². The number of aromatic nitrogens is 2. The Labute approximate surface area is 160 Å². The minimum absolute atomic E-state index is 0.0111. The van der Waals surface area contributed by atoms with Crippen LogP contribution >= 0.6 is 0 Å². The summed E-state index contributed by atoms with van der Waals surface area (Å²) in [6.45, 7) is 0.119. The van der Waals surface area contributed by atoms with Crippen molar-refractivity contribution < 1.29 is 18.3 Å². The molecule has 1 amide bonds. The third-order valence-corrected chi connectivity index (χ3v) is 3.85. The average molecular weight is 381 g/mol. The van der Waals surface area contributed by atoms with E-state index in [-0.39, 0.29) is 30.6 Å². The number of para-hydroxylation sites is 1. The van der Waals surface area contributed by atoms with Gasteiger partial charge in [-0.3, -0.25) is 9.48 Å². The zero-order valence-electron chi connectivity index (χ0n) is 15.1. The van der Waals surface area contributed by atoms with Crippen LogP contribution in [-0.2, 0) is 7.05 Å².